The van der Waals surface area contributed by atoms with Crippen LogP contribution in [0.2, 0.25) is 0 Å². The van der Waals surface area contributed by atoms with E-state index in [0.29, 0.717) is 24.5 Å². The minimum atomic E-state index is -0.341. The molecule has 2 aromatic rings. The zero-order valence-electron chi connectivity index (χ0n) is 13.4. The van der Waals surface area contributed by atoms with Gasteiger partial charge in [-0.3, -0.25) is 9.59 Å². The molecular weight excluding hydrogens is 308 g/mol. The van der Waals surface area contributed by atoms with Gasteiger partial charge in [0, 0.05) is 24.3 Å². The van der Waals surface area contributed by atoms with Crippen LogP contribution in [-0.2, 0) is 4.74 Å². The highest BCUT2D eigenvalue weighted by molar-refractivity contribution is 6.03. The van der Waals surface area contributed by atoms with Crippen LogP contribution >= 0.6 is 0 Å². The van der Waals surface area contributed by atoms with Gasteiger partial charge >= 0.3 is 0 Å². The molecule has 0 radical (unpaired) electrons. The number of amides is 1. The van der Waals surface area contributed by atoms with Gasteiger partial charge in [-0.05, 0) is 43.3 Å². The van der Waals surface area contributed by atoms with Crippen LogP contribution < -0.4 is 10.2 Å². The van der Waals surface area contributed by atoms with Gasteiger partial charge in [-0.2, -0.15) is 0 Å². The Morgan fingerprint density at radius 2 is 1.75 bits per heavy atom. The van der Waals surface area contributed by atoms with E-state index >= 15 is 0 Å². The summed E-state index contributed by atoms with van der Waals surface area (Å²) in [5, 5.41) is 10.9. The van der Waals surface area contributed by atoms with Gasteiger partial charge in [0.1, 0.15) is 0 Å². The first-order valence-electron chi connectivity index (χ1n) is 7.72. The van der Waals surface area contributed by atoms with Crippen molar-refractivity contribution in [3.05, 3.63) is 47.7 Å². The van der Waals surface area contributed by atoms with Crippen LogP contribution in [0.3, 0.4) is 0 Å². The van der Waals surface area contributed by atoms with E-state index in [9.17, 15) is 9.59 Å². The number of carbonyl (C=O) groups excluding carboxylic acids is 2. The van der Waals surface area contributed by atoms with Crippen molar-refractivity contribution in [1.82, 2.24) is 10.2 Å². The van der Waals surface area contributed by atoms with Gasteiger partial charge in [0.2, 0.25) is 0 Å². The first-order valence-corrected chi connectivity index (χ1v) is 7.72. The van der Waals surface area contributed by atoms with Gasteiger partial charge in [-0.1, -0.05) is 0 Å². The fourth-order valence-electron chi connectivity index (χ4n) is 2.39. The third-order valence-corrected chi connectivity index (χ3v) is 3.77. The zero-order chi connectivity index (χ0) is 16.9. The van der Waals surface area contributed by atoms with Crippen molar-refractivity contribution < 1.29 is 14.3 Å². The number of carbonyl (C=O) groups is 2. The van der Waals surface area contributed by atoms with Gasteiger partial charge < -0.3 is 15.0 Å². The predicted molar refractivity (Wildman–Crippen MR) is 89.5 cm³/mol. The fourth-order valence-corrected chi connectivity index (χ4v) is 2.39. The monoisotopic (exact) mass is 326 g/mol. The average molecular weight is 326 g/mol. The van der Waals surface area contributed by atoms with Crippen LogP contribution in [0.1, 0.15) is 27.8 Å². The van der Waals surface area contributed by atoms with Crippen molar-refractivity contribution in [2.24, 2.45) is 0 Å². The number of hydrogen-bond donors (Lipinski definition) is 1. The summed E-state index contributed by atoms with van der Waals surface area (Å²) in [6.07, 6.45) is 0. The number of aromatic nitrogens is 2. The maximum absolute atomic E-state index is 12.2. The van der Waals surface area contributed by atoms with E-state index in [1.54, 1.807) is 36.4 Å². The van der Waals surface area contributed by atoms with Crippen molar-refractivity contribution in [3.8, 4) is 0 Å². The standard InChI is InChI=1S/C17H18N4O3/c1-12(22)13-2-4-14(5-3-13)18-17(23)15-6-7-16(20-19-15)21-8-10-24-11-9-21/h2-7H,8-11H2,1H3,(H,18,23). The average Bonchev–Trinajstić information content (AvgIpc) is 2.63. The largest absolute Gasteiger partial charge is 0.378 e. The highest BCUT2D eigenvalue weighted by atomic mass is 16.5. The van der Waals surface area contributed by atoms with Crippen molar-refractivity contribution in [1.29, 1.82) is 0 Å². The molecule has 1 aromatic heterocycles. The topological polar surface area (TPSA) is 84.4 Å². The minimum Gasteiger partial charge on any atom is -0.378 e. The smallest absolute Gasteiger partial charge is 0.276 e. The normalized spacial score (nSPS) is 14.3. The second kappa shape index (κ2) is 7.18. The number of hydrogen-bond acceptors (Lipinski definition) is 6. The molecule has 0 aliphatic carbocycles. The summed E-state index contributed by atoms with van der Waals surface area (Å²) in [6, 6.07) is 10.1. The van der Waals surface area contributed by atoms with E-state index in [1.165, 1.54) is 6.92 Å². The molecule has 0 atom stereocenters. The number of benzene rings is 1. The summed E-state index contributed by atoms with van der Waals surface area (Å²) in [6.45, 7) is 4.37. The van der Waals surface area contributed by atoms with Crippen LogP contribution in [0.4, 0.5) is 11.5 Å². The Balaban J connectivity index is 1.65. The van der Waals surface area contributed by atoms with Crippen molar-refractivity contribution in [2.75, 3.05) is 36.5 Å². The number of nitrogens with one attached hydrogen (secondary N) is 1. The lowest BCUT2D eigenvalue weighted by Gasteiger charge is -2.27. The quantitative estimate of drug-likeness (QED) is 0.862. The number of anilines is 2. The predicted octanol–water partition coefficient (Wildman–Crippen LogP) is 1.77. The second-order valence-corrected chi connectivity index (χ2v) is 5.46. The molecule has 7 heteroatoms. The second-order valence-electron chi connectivity index (χ2n) is 5.46. The molecule has 24 heavy (non-hydrogen) atoms. The molecule has 7 nitrogen and oxygen atoms in total. The molecule has 0 unspecified atom stereocenters. The molecule has 1 aromatic carbocycles. The lowest BCUT2D eigenvalue weighted by atomic mass is 10.1. The van der Waals surface area contributed by atoms with Gasteiger partial charge in [0.05, 0.1) is 13.2 Å². The lowest BCUT2D eigenvalue weighted by molar-refractivity contribution is 0.101. The molecule has 2 heterocycles. The molecule has 0 spiro atoms. The molecule has 1 amide bonds. The molecule has 1 N–H and O–H groups in total. The van der Waals surface area contributed by atoms with Crippen LogP contribution in [0, 0.1) is 0 Å². The van der Waals surface area contributed by atoms with E-state index in [1.807, 2.05) is 0 Å². The Bertz CT molecular complexity index is 723. The van der Waals surface area contributed by atoms with E-state index in [-0.39, 0.29) is 17.4 Å². The maximum atomic E-state index is 12.2. The summed E-state index contributed by atoms with van der Waals surface area (Å²) >= 11 is 0. The van der Waals surface area contributed by atoms with Gasteiger partial charge in [0.15, 0.2) is 17.3 Å². The molecule has 0 saturated carbocycles. The number of rotatable bonds is 4. The summed E-state index contributed by atoms with van der Waals surface area (Å²) in [5.74, 6) is 0.379. The molecule has 0 bridgehead atoms. The maximum Gasteiger partial charge on any atom is 0.276 e. The van der Waals surface area contributed by atoms with Crippen molar-refractivity contribution >= 4 is 23.2 Å². The minimum absolute atomic E-state index is 0.0163. The number of Topliss-reactive ketones (excluding diaryl/α,β-unsaturated/α-hetero) is 1. The fraction of sp³-hybridized carbons (Fsp3) is 0.294. The van der Waals surface area contributed by atoms with E-state index in [2.05, 4.69) is 20.4 Å². The Morgan fingerprint density at radius 1 is 1.04 bits per heavy atom. The number of nitrogens with zero attached hydrogens (tertiary/aromatic N) is 3. The lowest BCUT2D eigenvalue weighted by Crippen LogP contribution is -2.37. The summed E-state index contributed by atoms with van der Waals surface area (Å²) < 4.78 is 5.30. The number of ether oxygens (including phenoxy) is 1. The Labute approximate surface area is 139 Å². The summed E-state index contributed by atoms with van der Waals surface area (Å²) in [4.78, 5) is 25.5. The number of morpholine rings is 1. The third kappa shape index (κ3) is 3.75. The molecule has 3 rings (SSSR count). The SMILES string of the molecule is CC(=O)c1ccc(NC(=O)c2ccc(N3CCOCC3)nn2)cc1. The summed E-state index contributed by atoms with van der Waals surface area (Å²) in [7, 11) is 0. The van der Waals surface area contributed by atoms with Gasteiger partial charge in [-0.15, -0.1) is 10.2 Å². The van der Waals surface area contributed by atoms with E-state index in [0.717, 1.165) is 18.9 Å². The Kier molecular flexibility index (Phi) is 4.81. The molecule has 1 aliphatic rings. The highest BCUT2D eigenvalue weighted by Gasteiger charge is 2.14. The molecule has 1 saturated heterocycles. The third-order valence-electron chi connectivity index (χ3n) is 3.77. The first kappa shape index (κ1) is 16.1. The Hall–Kier alpha value is -2.80. The zero-order valence-corrected chi connectivity index (χ0v) is 13.4. The molecular formula is C17H18N4O3. The van der Waals surface area contributed by atoms with E-state index < -0.39 is 0 Å². The van der Waals surface area contributed by atoms with Crippen LogP contribution in [0.5, 0.6) is 0 Å². The number of ketones is 1. The Morgan fingerprint density at radius 3 is 2.33 bits per heavy atom. The summed E-state index contributed by atoms with van der Waals surface area (Å²) in [5.41, 5.74) is 1.44. The molecule has 124 valence electrons. The van der Waals surface area contributed by atoms with Crippen LogP contribution in [0.25, 0.3) is 0 Å². The van der Waals surface area contributed by atoms with Crippen molar-refractivity contribution in [3.63, 3.8) is 0 Å². The highest BCUT2D eigenvalue weighted by Crippen LogP contribution is 2.14. The van der Waals surface area contributed by atoms with Crippen LogP contribution in [-0.4, -0.2) is 48.2 Å². The van der Waals surface area contributed by atoms with Gasteiger partial charge in [0.25, 0.3) is 5.91 Å². The molecule has 1 aliphatic heterocycles. The van der Waals surface area contributed by atoms with E-state index in [4.69, 9.17) is 4.74 Å². The molecule has 1 fully saturated rings. The van der Waals surface area contributed by atoms with Crippen molar-refractivity contribution in [2.45, 2.75) is 6.92 Å². The van der Waals surface area contributed by atoms with Crippen LogP contribution in [0.15, 0.2) is 36.4 Å². The van der Waals surface area contributed by atoms with Gasteiger partial charge in [-0.25, -0.2) is 0 Å². The first-order chi connectivity index (χ1) is 11.6.